The van der Waals surface area contributed by atoms with Crippen molar-refractivity contribution in [3.05, 3.63) is 69.3 Å². The summed E-state index contributed by atoms with van der Waals surface area (Å²) in [4.78, 5) is 0. The maximum Gasteiger partial charge on any atom is 0.345 e. The Hall–Kier alpha value is 1.59. The molecule has 2 rings (SSSR count). The molecule has 0 unspecified atom stereocenters. The van der Waals surface area contributed by atoms with E-state index in [-0.39, 0.29) is 17.0 Å². The van der Waals surface area contributed by atoms with Crippen LogP contribution >= 0.6 is 117 Å². The van der Waals surface area contributed by atoms with E-state index in [1.54, 1.807) is 0 Å². The minimum Gasteiger partial charge on any atom is -0.203 e. The SMILES string of the molecule is Br.CCCCP(Cl)(CCCC)(CCCC)CCCC.Cl[SiH](Cl)Cl.Fc1c(F)c(F)c(CBr)c(F)c1F.Fc1c(F)c(F)c(C[Si](Cl)(Cl)Cl)c(F)c1F. The molecule has 52 heavy (non-hydrogen) atoms. The Labute approximate surface area is 354 Å². The van der Waals surface area contributed by atoms with Crippen molar-refractivity contribution >= 4 is 129 Å². The average Bonchev–Trinajstić information content (AvgIpc) is 3.07. The number of halogens is 19. The van der Waals surface area contributed by atoms with E-state index in [4.69, 9.17) is 77.7 Å². The topological polar surface area (TPSA) is 0 Å². The number of alkyl halides is 1. The van der Waals surface area contributed by atoms with E-state index < -0.39 is 99.4 Å². The molecule has 0 fully saturated rings. The van der Waals surface area contributed by atoms with Crippen LogP contribution in [0.5, 0.6) is 0 Å². The van der Waals surface area contributed by atoms with Crippen LogP contribution in [-0.2, 0) is 11.4 Å². The summed E-state index contributed by atoms with van der Waals surface area (Å²) in [6.45, 7) is 7.49. The second kappa shape index (κ2) is 28.1. The van der Waals surface area contributed by atoms with E-state index in [1.807, 2.05) is 0 Å². The second-order valence-corrected chi connectivity index (χ2v) is 35.8. The van der Waals surface area contributed by atoms with Crippen molar-refractivity contribution < 1.29 is 43.9 Å². The fourth-order valence-electron chi connectivity index (χ4n) is 4.66. The molecule has 0 atom stereocenters. The van der Waals surface area contributed by atoms with Crippen LogP contribution in [0.2, 0.25) is 0 Å². The smallest absolute Gasteiger partial charge is 0.203 e. The Morgan fingerprint density at radius 1 is 0.500 bits per heavy atom. The third kappa shape index (κ3) is 20.3. The maximum atomic E-state index is 13.1. The first-order chi connectivity index (χ1) is 23.4. The Bertz CT molecular complexity index is 1260. The summed E-state index contributed by atoms with van der Waals surface area (Å²) in [6.07, 6.45) is 16.0. The van der Waals surface area contributed by atoms with Crippen LogP contribution in [0.25, 0.3) is 0 Å². The molecule has 0 amide bonds. The normalized spacial score (nSPS) is 12.0. The molecule has 0 nitrogen and oxygen atoms in total. The first-order valence-electron chi connectivity index (χ1n) is 15.7. The number of rotatable bonds is 15. The van der Waals surface area contributed by atoms with Gasteiger partial charge >= 0.3 is 134 Å². The summed E-state index contributed by atoms with van der Waals surface area (Å²) < 4.78 is 127. The van der Waals surface area contributed by atoms with Gasteiger partial charge in [-0.2, -0.15) is 0 Å². The van der Waals surface area contributed by atoms with Crippen molar-refractivity contribution in [1.29, 1.82) is 0 Å². The zero-order chi connectivity index (χ0) is 40.4. The van der Waals surface area contributed by atoms with Crippen LogP contribution in [0, 0.1) is 58.2 Å². The second-order valence-electron chi connectivity index (χ2n) is 11.4. The van der Waals surface area contributed by atoms with Gasteiger partial charge in [-0.15, -0.1) is 83.5 Å². The van der Waals surface area contributed by atoms with Crippen LogP contribution in [0.4, 0.5) is 43.9 Å². The van der Waals surface area contributed by atoms with Gasteiger partial charge in [0.25, 0.3) is 0 Å². The van der Waals surface area contributed by atoms with Crippen LogP contribution < -0.4 is 0 Å². The molecule has 2 aromatic rings. The summed E-state index contributed by atoms with van der Waals surface area (Å²) in [5.74, 6) is -21.7. The monoisotopic (exact) mass is 1080 g/mol. The van der Waals surface area contributed by atoms with Crippen molar-refractivity contribution in [1.82, 2.24) is 0 Å². The fraction of sp³-hybridized carbons (Fsp3) is 0.600. The molecule has 2 aromatic carbocycles. The van der Waals surface area contributed by atoms with Crippen LogP contribution in [-0.4, -0.2) is 37.4 Å². The first kappa shape index (κ1) is 57.9. The van der Waals surface area contributed by atoms with Gasteiger partial charge in [-0.05, 0) is 0 Å². The van der Waals surface area contributed by atoms with Gasteiger partial charge in [0.15, 0.2) is 46.5 Å². The minimum absolute atomic E-state index is 0. The van der Waals surface area contributed by atoms with Gasteiger partial charge in [0.1, 0.15) is 0 Å². The van der Waals surface area contributed by atoms with Gasteiger partial charge in [-0.3, -0.25) is 0 Å². The fourth-order valence-corrected chi connectivity index (χ4v) is 14.3. The van der Waals surface area contributed by atoms with Crippen LogP contribution in [0.15, 0.2) is 0 Å². The molecule has 0 N–H and O–H groups in total. The minimum atomic E-state index is -3.54. The Kier molecular flexibility index (Phi) is 31.3. The van der Waals surface area contributed by atoms with Crippen LogP contribution in [0.3, 0.4) is 0 Å². The van der Waals surface area contributed by atoms with Gasteiger partial charge < -0.3 is 0 Å². The third-order valence-corrected chi connectivity index (χ3v) is 17.7. The van der Waals surface area contributed by atoms with Gasteiger partial charge in [0, 0.05) is 22.5 Å². The quantitative estimate of drug-likeness (QED) is 0.0317. The molecule has 0 aliphatic rings. The standard InChI is InChI=1S/C16H36ClP.C7H2BrF5.C7H2Cl3F5Si.BrH.Cl3HSi/c1-5-9-13-18(17,14-10-6-2,15-11-7-3)16-12-8-4;8-1-2-3(9)5(11)7(13)6(12)4(2)10;8-16(9,10)1-2-3(11)5(13)7(15)6(14)4(2)12;;1-4(2)3/h5-16H2,1-4H3;1H2;1H2;1H;4H. The van der Waals surface area contributed by atoms with Crippen molar-refractivity contribution in [2.24, 2.45) is 0 Å². The predicted molar refractivity (Wildman–Crippen MR) is 219 cm³/mol. The number of unbranched alkanes of at least 4 members (excludes halogenated alkanes) is 4. The number of benzene rings is 2. The third-order valence-electron chi connectivity index (χ3n) is 7.39. The van der Waals surface area contributed by atoms with Gasteiger partial charge in [0.2, 0.25) is 11.6 Å². The summed E-state index contributed by atoms with van der Waals surface area (Å²) in [7, 11) is 0. The molecule has 0 heterocycles. The summed E-state index contributed by atoms with van der Waals surface area (Å²) in [6, 6.07) is -4.33. The van der Waals surface area contributed by atoms with E-state index in [1.165, 1.54) is 76.0 Å². The van der Waals surface area contributed by atoms with Gasteiger partial charge in [-0.1, -0.05) is 15.9 Å². The van der Waals surface area contributed by atoms with E-state index in [9.17, 15) is 43.9 Å². The largest absolute Gasteiger partial charge is 0.345 e. The van der Waals surface area contributed by atoms with Crippen molar-refractivity contribution in [3.8, 4) is 0 Å². The molecule has 308 valence electrons. The zero-order valence-electron chi connectivity index (χ0n) is 28.6. The van der Waals surface area contributed by atoms with E-state index in [0.717, 1.165) is 0 Å². The molecule has 0 aliphatic heterocycles. The molecule has 0 aliphatic carbocycles. The molecular weight excluding hydrogens is 1050 g/mol. The van der Waals surface area contributed by atoms with Gasteiger partial charge in [0.05, 0.1) is 0 Å². The Morgan fingerprint density at radius 3 is 0.904 bits per heavy atom. The van der Waals surface area contributed by atoms with E-state index >= 15 is 0 Å². The average molecular weight is 1090 g/mol. The Balaban J connectivity index is -0.000000657. The first-order valence-corrected chi connectivity index (χ1v) is 31.2. The molecule has 0 spiro atoms. The molecule has 0 saturated heterocycles. The maximum absolute atomic E-state index is 13.1. The molecule has 0 aromatic heterocycles. The van der Waals surface area contributed by atoms with Gasteiger partial charge in [-0.25, -0.2) is 43.9 Å². The molecule has 0 radical (unpaired) electrons. The molecule has 0 saturated carbocycles. The summed E-state index contributed by atoms with van der Waals surface area (Å²) in [5.41, 5.74) is -1.96. The molecule has 22 heteroatoms. The van der Waals surface area contributed by atoms with Crippen molar-refractivity contribution in [2.45, 2.75) is 90.4 Å². The summed E-state index contributed by atoms with van der Waals surface area (Å²) in [5, 5.41) is -0.432. The van der Waals surface area contributed by atoms with Crippen molar-refractivity contribution in [2.75, 3.05) is 24.6 Å². The number of hydrogen-bond acceptors (Lipinski definition) is 0. The summed E-state index contributed by atoms with van der Waals surface area (Å²) >= 11 is 41.0. The molecular formula is C30H42Br2Cl7F10PSi2. The number of hydrogen-bond donors (Lipinski definition) is 0. The van der Waals surface area contributed by atoms with Crippen molar-refractivity contribution in [3.63, 3.8) is 0 Å². The predicted octanol–water partition coefficient (Wildman–Crippen LogP) is 16.3. The Morgan fingerprint density at radius 2 is 0.712 bits per heavy atom. The van der Waals surface area contributed by atoms with E-state index in [2.05, 4.69) is 43.6 Å². The zero-order valence-corrected chi connectivity index (χ0v) is 40.3. The van der Waals surface area contributed by atoms with E-state index in [0.29, 0.717) is 0 Å². The molecule has 0 bridgehead atoms. The van der Waals surface area contributed by atoms with Crippen LogP contribution in [0.1, 0.15) is 90.2 Å².